The normalized spacial score (nSPS) is 28.7. The van der Waals surface area contributed by atoms with Crippen molar-refractivity contribution < 1.29 is 4.74 Å². The topological polar surface area (TPSA) is 51.5 Å². The van der Waals surface area contributed by atoms with Gasteiger partial charge in [0.2, 0.25) is 0 Å². The zero-order valence-electron chi connectivity index (χ0n) is 10.1. The quantitative estimate of drug-likeness (QED) is 0.856. The van der Waals surface area contributed by atoms with E-state index in [4.69, 9.17) is 4.74 Å². The fraction of sp³-hybridized carbons (Fsp3) is 0.500. The molecule has 0 amide bonds. The fourth-order valence-electron chi connectivity index (χ4n) is 2.22. The van der Waals surface area contributed by atoms with Gasteiger partial charge in [0.1, 0.15) is 5.52 Å². The summed E-state index contributed by atoms with van der Waals surface area (Å²) in [5.41, 5.74) is 0.937. The van der Waals surface area contributed by atoms with E-state index in [1.54, 1.807) is 12.4 Å². The second-order valence-electron chi connectivity index (χ2n) is 4.74. The molecule has 3 rings (SSSR count). The zero-order valence-corrected chi connectivity index (χ0v) is 10.1. The Kier molecular flexibility index (Phi) is 2.29. The molecule has 0 bridgehead atoms. The fourth-order valence-corrected chi connectivity index (χ4v) is 2.22. The second-order valence-corrected chi connectivity index (χ2v) is 4.74. The summed E-state index contributed by atoms with van der Waals surface area (Å²) in [6, 6.07) is 1.96. The van der Waals surface area contributed by atoms with E-state index in [0.717, 1.165) is 24.4 Å². The number of nitrogens with zero attached hydrogens (tertiary/aromatic N) is 3. The van der Waals surface area contributed by atoms with Crippen LogP contribution in [0.2, 0.25) is 0 Å². The number of fused-ring (bicyclic) bond motifs is 1. The highest BCUT2D eigenvalue weighted by Gasteiger charge is 2.37. The molecule has 2 unspecified atom stereocenters. The third-order valence-corrected chi connectivity index (χ3v) is 3.61. The molecule has 1 saturated heterocycles. The van der Waals surface area contributed by atoms with E-state index in [0.29, 0.717) is 0 Å². The minimum absolute atomic E-state index is 0.0564. The van der Waals surface area contributed by atoms with Crippen LogP contribution in [-0.2, 0) is 4.74 Å². The molecular formula is C12H16N4O. The van der Waals surface area contributed by atoms with Gasteiger partial charge in [-0.2, -0.15) is 5.10 Å². The molecular weight excluding hydrogens is 216 g/mol. The van der Waals surface area contributed by atoms with E-state index >= 15 is 0 Å². The number of rotatable bonds is 2. The lowest BCUT2D eigenvalue weighted by Crippen LogP contribution is -2.41. The monoisotopic (exact) mass is 232 g/mol. The molecule has 0 aromatic carbocycles. The summed E-state index contributed by atoms with van der Waals surface area (Å²) in [6.45, 7) is 5.07. The molecule has 2 aromatic rings. The zero-order chi connectivity index (χ0) is 11.9. The highest BCUT2D eigenvalue weighted by Crippen LogP contribution is 2.29. The van der Waals surface area contributed by atoms with Gasteiger partial charge < -0.3 is 10.1 Å². The Morgan fingerprint density at radius 1 is 1.53 bits per heavy atom. The second kappa shape index (κ2) is 3.70. The lowest BCUT2D eigenvalue weighted by Gasteiger charge is -2.29. The predicted molar refractivity (Wildman–Crippen MR) is 65.0 cm³/mol. The summed E-state index contributed by atoms with van der Waals surface area (Å²) in [5.74, 6) is 0.866. The Morgan fingerprint density at radius 3 is 3.18 bits per heavy atom. The molecule has 2 aromatic heterocycles. The maximum absolute atomic E-state index is 5.62. The van der Waals surface area contributed by atoms with Gasteiger partial charge in [-0.05, 0) is 26.3 Å². The Balaban J connectivity index is 1.97. The Morgan fingerprint density at radius 2 is 2.41 bits per heavy atom. The van der Waals surface area contributed by atoms with E-state index in [2.05, 4.69) is 29.2 Å². The first-order chi connectivity index (χ1) is 8.19. The number of anilines is 1. The van der Waals surface area contributed by atoms with Gasteiger partial charge in [-0.25, -0.2) is 9.50 Å². The van der Waals surface area contributed by atoms with E-state index in [9.17, 15) is 0 Å². The van der Waals surface area contributed by atoms with Crippen LogP contribution in [-0.4, -0.2) is 32.8 Å². The SMILES string of the molecule is CC1OCCC1(C)Nc1nccn2nccc12. The summed E-state index contributed by atoms with van der Waals surface area (Å²) < 4.78 is 7.44. The van der Waals surface area contributed by atoms with Crippen molar-refractivity contribution >= 4 is 11.3 Å². The summed E-state index contributed by atoms with van der Waals surface area (Å²) in [5, 5.41) is 7.70. The highest BCUT2D eigenvalue weighted by molar-refractivity contribution is 5.67. The molecule has 0 aliphatic carbocycles. The molecule has 0 saturated carbocycles. The largest absolute Gasteiger partial charge is 0.376 e. The van der Waals surface area contributed by atoms with Crippen LogP contribution in [0.4, 0.5) is 5.82 Å². The van der Waals surface area contributed by atoms with E-state index in [1.165, 1.54) is 0 Å². The smallest absolute Gasteiger partial charge is 0.152 e. The summed E-state index contributed by atoms with van der Waals surface area (Å²) in [4.78, 5) is 4.39. The first-order valence-electron chi connectivity index (χ1n) is 5.87. The first kappa shape index (κ1) is 10.5. The van der Waals surface area contributed by atoms with Crippen molar-refractivity contribution in [1.82, 2.24) is 14.6 Å². The number of hydrogen-bond acceptors (Lipinski definition) is 4. The van der Waals surface area contributed by atoms with Crippen LogP contribution in [0, 0.1) is 0 Å². The standard InChI is InChI=1S/C12H16N4O/c1-9-12(2,4-8-17-9)15-11-10-3-5-14-16(10)7-6-13-11/h3,5-7,9H,4,8H2,1-2H3,(H,13,15). The first-order valence-corrected chi connectivity index (χ1v) is 5.87. The molecule has 2 atom stereocenters. The van der Waals surface area contributed by atoms with Crippen molar-refractivity contribution in [3.63, 3.8) is 0 Å². The summed E-state index contributed by atoms with van der Waals surface area (Å²) in [7, 11) is 0. The Labute approximate surface area is 99.8 Å². The van der Waals surface area contributed by atoms with Gasteiger partial charge in [0.05, 0.1) is 17.8 Å². The number of aromatic nitrogens is 3. The van der Waals surface area contributed by atoms with Crippen molar-refractivity contribution in [2.45, 2.75) is 31.9 Å². The van der Waals surface area contributed by atoms with Crippen molar-refractivity contribution in [3.05, 3.63) is 24.7 Å². The third-order valence-electron chi connectivity index (χ3n) is 3.61. The molecule has 17 heavy (non-hydrogen) atoms. The lowest BCUT2D eigenvalue weighted by atomic mass is 9.95. The number of hydrogen-bond donors (Lipinski definition) is 1. The Bertz CT molecular complexity index is 538. The highest BCUT2D eigenvalue weighted by atomic mass is 16.5. The van der Waals surface area contributed by atoms with E-state index in [-0.39, 0.29) is 11.6 Å². The minimum Gasteiger partial charge on any atom is -0.376 e. The van der Waals surface area contributed by atoms with Crippen LogP contribution in [0.15, 0.2) is 24.7 Å². The van der Waals surface area contributed by atoms with Gasteiger partial charge in [0.15, 0.2) is 5.82 Å². The minimum atomic E-state index is -0.0564. The number of nitrogens with one attached hydrogen (secondary N) is 1. The van der Waals surface area contributed by atoms with Gasteiger partial charge >= 0.3 is 0 Å². The molecule has 1 fully saturated rings. The molecule has 0 radical (unpaired) electrons. The van der Waals surface area contributed by atoms with Gasteiger partial charge in [-0.15, -0.1) is 0 Å². The van der Waals surface area contributed by atoms with Crippen LogP contribution in [0.3, 0.4) is 0 Å². The lowest BCUT2D eigenvalue weighted by molar-refractivity contribution is 0.105. The van der Waals surface area contributed by atoms with Crippen molar-refractivity contribution in [2.75, 3.05) is 11.9 Å². The average Bonchev–Trinajstić information content (AvgIpc) is 2.88. The molecule has 1 aliphatic rings. The van der Waals surface area contributed by atoms with Crippen LogP contribution in [0.5, 0.6) is 0 Å². The number of ether oxygens (including phenoxy) is 1. The van der Waals surface area contributed by atoms with Gasteiger partial charge in [0.25, 0.3) is 0 Å². The average molecular weight is 232 g/mol. The van der Waals surface area contributed by atoms with Crippen molar-refractivity contribution in [1.29, 1.82) is 0 Å². The van der Waals surface area contributed by atoms with Crippen LogP contribution in [0.25, 0.3) is 5.52 Å². The molecule has 0 spiro atoms. The maximum Gasteiger partial charge on any atom is 0.152 e. The van der Waals surface area contributed by atoms with Crippen molar-refractivity contribution in [2.24, 2.45) is 0 Å². The predicted octanol–water partition coefficient (Wildman–Crippen LogP) is 1.71. The maximum atomic E-state index is 5.62. The van der Waals surface area contributed by atoms with Gasteiger partial charge in [-0.3, -0.25) is 0 Å². The third kappa shape index (κ3) is 1.67. The molecule has 90 valence electrons. The van der Waals surface area contributed by atoms with E-state index < -0.39 is 0 Å². The Hall–Kier alpha value is -1.62. The van der Waals surface area contributed by atoms with Crippen LogP contribution >= 0.6 is 0 Å². The van der Waals surface area contributed by atoms with Gasteiger partial charge in [0, 0.05) is 19.0 Å². The molecule has 5 nitrogen and oxygen atoms in total. The van der Waals surface area contributed by atoms with Gasteiger partial charge in [-0.1, -0.05) is 0 Å². The molecule has 3 heterocycles. The van der Waals surface area contributed by atoms with Crippen LogP contribution in [0.1, 0.15) is 20.3 Å². The van der Waals surface area contributed by atoms with Crippen LogP contribution < -0.4 is 5.32 Å². The van der Waals surface area contributed by atoms with Crippen molar-refractivity contribution in [3.8, 4) is 0 Å². The summed E-state index contributed by atoms with van der Waals surface area (Å²) in [6.07, 6.45) is 6.56. The van der Waals surface area contributed by atoms with E-state index in [1.807, 2.05) is 16.8 Å². The molecule has 5 heteroatoms. The molecule has 1 aliphatic heterocycles. The molecule has 1 N–H and O–H groups in total. The summed E-state index contributed by atoms with van der Waals surface area (Å²) >= 11 is 0.